The van der Waals surface area contributed by atoms with Crippen LogP contribution in [0.3, 0.4) is 0 Å². The van der Waals surface area contributed by atoms with E-state index in [0.717, 1.165) is 0 Å². The smallest absolute Gasteiger partial charge is 0.326 e. The predicted molar refractivity (Wildman–Crippen MR) is 117 cm³/mol. The summed E-state index contributed by atoms with van der Waals surface area (Å²) in [7, 11) is 1.45. The molecule has 2 aromatic rings. The molecular formula is C22H24N2O5S. The Balaban J connectivity index is 2.31. The minimum Gasteiger partial charge on any atom is -0.496 e. The van der Waals surface area contributed by atoms with Crippen molar-refractivity contribution < 1.29 is 24.2 Å². The van der Waals surface area contributed by atoms with Crippen LogP contribution in [-0.4, -0.2) is 48.1 Å². The molecule has 0 unspecified atom stereocenters. The van der Waals surface area contributed by atoms with E-state index in [0.29, 0.717) is 17.1 Å². The summed E-state index contributed by atoms with van der Waals surface area (Å²) in [6.07, 6.45) is 3.62. The topological polar surface area (TPSA) is 105 Å². The number of ether oxygens (including phenoxy) is 1. The maximum Gasteiger partial charge on any atom is 0.326 e. The Morgan fingerprint density at radius 3 is 2.40 bits per heavy atom. The molecule has 2 amide bonds. The molecule has 30 heavy (non-hydrogen) atoms. The van der Waals surface area contributed by atoms with Crippen molar-refractivity contribution >= 4 is 35.6 Å². The Labute approximate surface area is 179 Å². The van der Waals surface area contributed by atoms with E-state index in [1.54, 1.807) is 48.5 Å². The zero-order chi connectivity index (χ0) is 21.9. The van der Waals surface area contributed by atoms with Crippen LogP contribution in [-0.2, 0) is 9.59 Å². The van der Waals surface area contributed by atoms with E-state index < -0.39 is 23.8 Å². The van der Waals surface area contributed by atoms with E-state index in [4.69, 9.17) is 4.74 Å². The number of aliphatic carboxylic acids is 1. The van der Waals surface area contributed by atoms with Crippen LogP contribution in [0.2, 0.25) is 0 Å². The molecule has 2 aromatic carbocycles. The number of rotatable bonds is 10. The van der Waals surface area contributed by atoms with Crippen molar-refractivity contribution in [3.8, 4) is 5.75 Å². The van der Waals surface area contributed by atoms with Crippen LogP contribution in [0.15, 0.2) is 60.3 Å². The van der Waals surface area contributed by atoms with Gasteiger partial charge in [-0.15, -0.1) is 0 Å². The number of benzene rings is 2. The van der Waals surface area contributed by atoms with Crippen molar-refractivity contribution in [2.45, 2.75) is 12.5 Å². The molecule has 0 heterocycles. The van der Waals surface area contributed by atoms with Gasteiger partial charge in [-0.05, 0) is 42.2 Å². The number of methoxy groups -OCH3 is 1. The van der Waals surface area contributed by atoms with Crippen LogP contribution in [0.4, 0.5) is 0 Å². The number of thioether (sulfide) groups is 1. The van der Waals surface area contributed by atoms with Gasteiger partial charge in [-0.3, -0.25) is 9.59 Å². The zero-order valence-corrected chi connectivity index (χ0v) is 17.6. The first-order valence-electron chi connectivity index (χ1n) is 9.20. The summed E-state index contributed by atoms with van der Waals surface area (Å²) in [5, 5.41) is 14.5. The largest absolute Gasteiger partial charge is 0.496 e. The molecule has 0 aliphatic heterocycles. The van der Waals surface area contributed by atoms with Crippen molar-refractivity contribution in [3.05, 3.63) is 71.4 Å². The third kappa shape index (κ3) is 6.66. The second kappa shape index (κ2) is 11.7. The summed E-state index contributed by atoms with van der Waals surface area (Å²) in [4.78, 5) is 37.1. The number of carboxylic acid groups (broad SMARTS) is 1. The summed E-state index contributed by atoms with van der Waals surface area (Å²) in [5.74, 6) is -1.43. The number of para-hydroxylation sites is 1. The van der Waals surface area contributed by atoms with E-state index in [-0.39, 0.29) is 17.7 Å². The Morgan fingerprint density at radius 2 is 1.77 bits per heavy atom. The van der Waals surface area contributed by atoms with E-state index in [1.165, 1.54) is 24.9 Å². The highest BCUT2D eigenvalue weighted by Gasteiger charge is 2.23. The van der Waals surface area contributed by atoms with Crippen LogP contribution in [0.5, 0.6) is 5.75 Å². The molecule has 0 aromatic heterocycles. The molecule has 2 rings (SSSR count). The first-order chi connectivity index (χ1) is 14.5. The Hall–Kier alpha value is -3.26. The molecule has 0 bridgehead atoms. The highest BCUT2D eigenvalue weighted by molar-refractivity contribution is 7.98. The maximum atomic E-state index is 12.9. The average molecular weight is 429 g/mol. The molecule has 0 fully saturated rings. The lowest BCUT2D eigenvalue weighted by Crippen LogP contribution is -2.44. The number of carbonyl (C=O) groups is 3. The minimum absolute atomic E-state index is 0.0625. The summed E-state index contributed by atoms with van der Waals surface area (Å²) in [6.45, 7) is 0. The van der Waals surface area contributed by atoms with Gasteiger partial charge >= 0.3 is 5.97 Å². The molecular weight excluding hydrogens is 404 g/mol. The Bertz CT molecular complexity index is 915. The molecule has 0 aliphatic carbocycles. The van der Waals surface area contributed by atoms with Crippen molar-refractivity contribution in [3.63, 3.8) is 0 Å². The van der Waals surface area contributed by atoms with Crippen LogP contribution in [0.1, 0.15) is 22.3 Å². The Morgan fingerprint density at radius 1 is 1.10 bits per heavy atom. The summed E-state index contributed by atoms with van der Waals surface area (Å²) in [5.41, 5.74) is 0.871. The van der Waals surface area contributed by atoms with Crippen LogP contribution in [0.25, 0.3) is 6.08 Å². The van der Waals surface area contributed by atoms with Gasteiger partial charge in [0.1, 0.15) is 17.5 Å². The fourth-order valence-electron chi connectivity index (χ4n) is 2.63. The van der Waals surface area contributed by atoms with Gasteiger partial charge in [-0.25, -0.2) is 4.79 Å². The minimum atomic E-state index is -1.13. The third-order valence-corrected chi connectivity index (χ3v) is 4.81. The van der Waals surface area contributed by atoms with Gasteiger partial charge in [0, 0.05) is 0 Å². The monoisotopic (exact) mass is 428 g/mol. The lowest BCUT2D eigenvalue weighted by atomic mass is 10.1. The van der Waals surface area contributed by atoms with Gasteiger partial charge in [0.25, 0.3) is 11.8 Å². The van der Waals surface area contributed by atoms with Crippen LogP contribution in [0, 0.1) is 0 Å². The quantitative estimate of drug-likeness (QED) is 0.503. The van der Waals surface area contributed by atoms with Crippen LogP contribution < -0.4 is 15.4 Å². The van der Waals surface area contributed by atoms with Crippen LogP contribution >= 0.6 is 11.8 Å². The van der Waals surface area contributed by atoms with Gasteiger partial charge in [-0.2, -0.15) is 11.8 Å². The SMILES string of the molecule is COc1ccccc1C(=O)N/C(=C/c1ccccc1)C(=O)N[C@H](CCSC)C(=O)O. The van der Waals surface area contributed by atoms with Gasteiger partial charge in [0.15, 0.2) is 0 Å². The summed E-state index contributed by atoms with van der Waals surface area (Å²) < 4.78 is 5.21. The molecule has 0 saturated carbocycles. The summed E-state index contributed by atoms with van der Waals surface area (Å²) >= 11 is 1.48. The fraction of sp³-hybridized carbons (Fsp3) is 0.227. The fourth-order valence-corrected chi connectivity index (χ4v) is 3.10. The van der Waals surface area contributed by atoms with Gasteiger partial charge in [-0.1, -0.05) is 42.5 Å². The third-order valence-electron chi connectivity index (χ3n) is 4.17. The second-order valence-corrected chi connectivity index (χ2v) is 7.25. The predicted octanol–water partition coefficient (Wildman–Crippen LogP) is 2.79. The lowest BCUT2D eigenvalue weighted by Gasteiger charge is -2.17. The van der Waals surface area contributed by atoms with E-state index in [1.807, 2.05) is 12.3 Å². The zero-order valence-electron chi connectivity index (χ0n) is 16.8. The Kier molecular flexibility index (Phi) is 8.96. The number of carbonyl (C=O) groups excluding carboxylic acids is 2. The highest BCUT2D eigenvalue weighted by Crippen LogP contribution is 2.18. The molecule has 7 nitrogen and oxygen atoms in total. The first kappa shape index (κ1) is 23.0. The molecule has 0 radical (unpaired) electrons. The average Bonchev–Trinajstić information content (AvgIpc) is 2.76. The number of amides is 2. The van der Waals surface area contributed by atoms with Gasteiger partial charge in [0.2, 0.25) is 0 Å². The molecule has 0 aliphatic rings. The summed E-state index contributed by atoms with van der Waals surface area (Å²) in [6, 6.07) is 14.5. The molecule has 3 N–H and O–H groups in total. The molecule has 158 valence electrons. The van der Waals surface area contributed by atoms with Crippen molar-refractivity contribution in [2.75, 3.05) is 19.1 Å². The normalized spacial score (nSPS) is 12.0. The first-order valence-corrected chi connectivity index (χ1v) is 10.6. The standard InChI is InChI=1S/C22H24N2O5S/c1-29-19-11-7-6-10-16(19)20(25)24-18(14-15-8-4-3-5-9-15)21(26)23-17(22(27)28)12-13-30-2/h3-11,14,17H,12-13H2,1-2H3,(H,23,26)(H,24,25)(H,27,28)/b18-14+/t17-/m1/s1. The van der Waals surface area contributed by atoms with E-state index >= 15 is 0 Å². The molecule has 0 saturated heterocycles. The second-order valence-electron chi connectivity index (χ2n) is 6.27. The molecule has 0 spiro atoms. The van der Waals surface area contributed by atoms with Gasteiger partial charge in [0.05, 0.1) is 12.7 Å². The van der Waals surface area contributed by atoms with Crippen molar-refractivity contribution in [1.82, 2.24) is 10.6 Å². The maximum absolute atomic E-state index is 12.9. The van der Waals surface area contributed by atoms with Gasteiger partial charge < -0.3 is 20.5 Å². The van der Waals surface area contributed by atoms with E-state index in [9.17, 15) is 19.5 Å². The number of carboxylic acids is 1. The highest BCUT2D eigenvalue weighted by atomic mass is 32.2. The molecule has 1 atom stereocenters. The number of hydrogen-bond acceptors (Lipinski definition) is 5. The lowest BCUT2D eigenvalue weighted by molar-refractivity contribution is -0.141. The van der Waals surface area contributed by atoms with E-state index in [2.05, 4.69) is 10.6 Å². The molecule has 8 heteroatoms. The van der Waals surface area contributed by atoms with Crippen molar-refractivity contribution in [1.29, 1.82) is 0 Å². The number of nitrogens with one attached hydrogen (secondary N) is 2. The number of hydrogen-bond donors (Lipinski definition) is 3. The van der Waals surface area contributed by atoms with Crippen molar-refractivity contribution in [2.24, 2.45) is 0 Å².